The summed E-state index contributed by atoms with van der Waals surface area (Å²) < 4.78 is 5.19. The predicted octanol–water partition coefficient (Wildman–Crippen LogP) is 2.44. The number of halogens is 1. The number of rotatable bonds is 5. The summed E-state index contributed by atoms with van der Waals surface area (Å²) in [7, 11) is 5.31. The Morgan fingerprint density at radius 3 is 2.70 bits per heavy atom. The van der Waals surface area contributed by atoms with Crippen molar-refractivity contribution < 1.29 is 9.53 Å². The molecule has 1 heterocycles. The second kappa shape index (κ2) is 7.28. The van der Waals surface area contributed by atoms with Crippen molar-refractivity contribution >= 4 is 23.3 Å². The number of benzene rings is 1. The lowest BCUT2D eigenvalue weighted by Gasteiger charge is -2.14. The SMILES string of the molecule is COc1ccc(Cl)cc1C(=O)NCc1nc(C)cc(N(C)C)n1. The van der Waals surface area contributed by atoms with Crippen molar-refractivity contribution in [3.8, 4) is 5.75 Å². The molecule has 0 fully saturated rings. The fraction of sp³-hybridized carbons (Fsp3) is 0.312. The number of ether oxygens (including phenoxy) is 1. The van der Waals surface area contributed by atoms with Crippen LogP contribution in [0.5, 0.6) is 5.75 Å². The lowest BCUT2D eigenvalue weighted by atomic mass is 10.2. The van der Waals surface area contributed by atoms with E-state index >= 15 is 0 Å². The second-order valence-corrected chi connectivity index (χ2v) is 5.64. The molecule has 0 aliphatic rings. The highest BCUT2D eigenvalue weighted by Gasteiger charge is 2.13. The zero-order chi connectivity index (χ0) is 17.0. The van der Waals surface area contributed by atoms with Crippen LogP contribution in [-0.4, -0.2) is 37.1 Å². The van der Waals surface area contributed by atoms with E-state index in [4.69, 9.17) is 16.3 Å². The number of amides is 1. The quantitative estimate of drug-likeness (QED) is 0.909. The lowest BCUT2D eigenvalue weighted by Crippen LogP contribution is -2.25. The molecule has 0 saturated carbocycles. The number of hydrogen-bond acceptors (Lipinski definition) is 5. The van der Waals surface area contributed by atoms with E-state index in [1.807, 2.05) is 32.0 Å². The first-order valence-electron chi connectivity index (χ1n) is 7.04. The maximum atomic E-state index is 12.3. The molecule has 0 saturated heterocycles. The van der Waals surface area contributed by atoms with Crippen molar-refractivity contribution in [3.63, 3.8) is 0 Å². The first-order chi connectivity index (χ1) is 10.9. The molecule has 2 aromatic rings. The first-order valence-corrected chi connectivity index (χ1v) is 7.42. The minimum atomic E-state index is -0.291. The minimum Gasteiger partial charge on any atom is -0.496 e. The molecular formula is C16H19ClN4O2. The first kappa shape index (κ1) is 17.0. The van der Waals surface area contributed by atoms with Gasteiger partial charge in [-0.25, -0.2) is 9.97 Å². The Labute approximate surface area is 140 Å². The molecule has 2 rings (SSSR count). The normalized spacial score (nSPS) is 10.3. The molecular weight excluding hydrogens is 316 g/mol. The van der Waals surface area contributed by atoms with Crippen LogP contribution in [0.25, 0.3) is 0 Å². The Bertz CT molecular complexity index is 719. The molecule has 0 unspecified atom stereocenters. The highest BCUT2D eigenvalue weighted by molar-refractivity contribution is 6.31. The summed E-state index contributed by atoms with van der Waals surface area (Å²) in [6.07, 6.45) is 0. The zero-order valence-electron chi connectivity index (χ0n) is 13.6. The number of methoxy groups -OCH3 is 1. The standard InChI is InChI=1S/C16H19ClN4O2/c1-10-7-15(21(2)3)20-14(19-10)9-18-16(22)12-8-11(17)5-6-13(12)23-4/h5-8H,9H2,1-4H3,(H,18,22). The second-order valence-electron chi connectivity index (χ2n) is 5.21. The summed E-state index contributed by atoms with van der Waals surface area (Å²) >= 11 is 5.95. The zero-order valence-corrected chi connectivity index (χ0v) is 14.3. The monoisotopic (exact) mass is 334 g/mol. The summed E-state index contributed by atoms with van der Waals surface area (Å²) in [6.45, 7) is 2.11. The van der Waals surface area contributed by atoms with E-state index in [1.165, 1.54) is 7.11 Å². The van der Waals surface area contributed by atoms with E-state index < -0.39 is 0 Å². The van der Waals surface area contributed by atoms with Crippen LogP contribution in [0.3, 0.4) is 0 Å². The van der Waals surface area contributed by atoms with Crippen LogP contribution < -0.4 is 15.0 Å². The van der Waals surface area contributed by atoms with Gasteiger partial charge in [-0.15, -0.1) is 0 Å². The van der Waals surface area contributed by atoms with Gasteiger partial charge in [-0.3, -0.25) is 4.79 Å². The molecule has 1 N–H and O–H groups in total. The van der Waals surface area contributed by atoms with Crippen LogP contribution in [0.1, 0.15) is 21.9 Å². The van der Waals surface area contributed by atoms with Crippen LogP contribution in [0.15, 0.2) is 24.3 Å². The van der Waals surface area contributed by atoms with Crippen molar-refractivity contribution in [2.45, 2.75) is 13.5 Å². The highest BCUT2D eigenvalue weighted by Crippen LogP contribution is 2.22. The van der Waals surface area contributed by atoms with E-state index in [9.17, 15) is 4.79 Å². The third-order valence-corrected chi connectivity index (χ3v) is 3.39. The summed E-state index contributed by atoms with van der Waals surface area (Å²) in [5.74, 6) is 1.51. The number of carbonyl (C=O) groups is 1. The van der Waals surface area contributed by atoms with E-state index in [1.54, 1.807) is 18.2 Å². The number of nitrogens with one attached hydrogen (secondary N) is 1. The number of aromatic nitrogens is 2. The van der Waals surface area contributed by atoms with Crippen LogP contribution in [0.4, 0.5) is 5.82 Å². The van der Waals surface area contributed by atoms with Crippen LogP contribution in [0, 0.1) is 6.92 Å². The Balaban J connectivity index is 2.15. The van der Waals surface area contributed by atoms with Gasteiger partial charge in [0.15, 0.2) is 0 Å². The number of carbonyl (C=O) groups excluding carboxylic acids is 1. The van der Waals surface area contributed by atoms with E-state index in [-0.39, 0.29) is 12.5 Å². The van der Waals surface area contributed by atoms with Crippen LogP contribution in [-0.2, 0) is 6.54 Å². The van der Waals surface area contributed by atoms with Crippen molar-refractivity contribution in [2.75, 3.05) is 26.1 Å². The molecule has 122 valence electrons. The number of hydrogen-bond donors (Lipinski definition) is 1. The van der Waals surface area contributed by atoms with Gasteiger partial charge in [0.25, 0.3) is 5.91 Å². The fourth-order valence-corrected chi connectivity index (χ4v) is 2.20. The smallest absolute Gasteiger partial charge is 0.255 e. The molecule has 0 radical (unpaired) electrons. The van der Waals surface area contributed by atoms with Crippen LogP contribution in [0.2, 0.25) is 5.02 Å². The van der Waals surface area contributed by atoms with Gasteiger partial charge in [-0.05, 0) is 25.1 Å². The highest BCUT2D eigenvalue weighted by atomic mass is 35.5. The van der Waals surface area contributed by atoms with Gasteiger partial charge >= 0.3 is 0 Å². The molecule has 6 nitrogen and oxygen atoms in total. The van der Waals surface area contributed by atoms with E-state index in [2.05, 4.69) is 15.3 Å². The van der Waals surface area contributed by atoms with Crippen molar-refractivity contribution in [1.82, 2.24) is 15.3 Å². The van der Waals surface area contributed by atoms with Crippen LogP contribution >= 0.6 is 11.6 Å². The Morgan fingerprint density at radius 1 is 1.30 bits per heavy atom. The minimum absolute atomic E-state index is 0.219. The van der Waals surface area contributed by atoms with Crippen molar-refractivity contribution in [1.29, 1.82) is 0 Å². The summed E-state index contributed by atoms with van der Waals surface area (Å²) in [6, 6.07) is 6.78. The van der Waals surface area contributed by atoms with E-state index in [0.29, 0.717) is 22.2 Å². The Kier molecular flexibility index (Phi) is 5.39. The molecule has 1 amide bonds. The number of aryl methyl sites for hydroxylation is 1. The molecule has 1 aromatic heterocycles. The molecule has 23 heavy (non-hydrogen) atoms. The molecule has 0 bridgehead atoms. The molecule has 1 aromatic carbocycles. The molecule has 7 heteroatoms. The Morgan fingerprint density at radius 2 is 2.04 bits per heavy atom. The fourth-order valence-electron chi connectivity index (χ4n) is 2.03. The average Bonchev–Trinajstić information content (AvgIpc) is 2.52. The van der Waals surface area contributed by atoms with Gasteiger partial charge in [0.05, 0.1) is 19.2 Å². The lowest BCUT2D eigenvalue weighted by molar-refractivity contribution is 0.0947. The van der Waals surface area contributed by atoms with Gasteiger partial charge in [-0.2, -0.15) is 0 Å². The largest absolute Gasteiger partial charge is 0.496 e. The molecule has 0 atom stereocenters. The van der Waals surface area contributed by atoms with Gasteiger partial charge < -0.3 is 15.0 Å². The third-order valence-electron chi connectivity index (χ3n) is 3.16. The van der Waals surface area contributed by atoms with Crippen molar-refractivity contribution in [2.24, 2.45) is 0 Å². The number of nitrogens with zero attached hydrogens (tertiary/aromatic N) is 3. The van der Waals surface area contributed by atoms with Gasteiger partial charge in [-0.1, -0.05) is 11.6 Å². The van der Waals surface area contributed by atoms with Gasteiger partial charge in [0.2, 0.25) is 0 Å². The maximum Gasteiger partial charge on any atom is 0.255 e. The van der Waals surface area contributed by atoms with Gasteiger partial charge in [0, 0.05) is 30.9 Å². The predicted molar refractivity (Wildman–Crippen MR) is 90.3 cm³/mol. The summed E-state index contributed by atoms with van der Waals surface area (Å²) in [4.78, 5) is 23.0. The average molecular weight is 335 g/mol. The van der Waals surface area contributed by atoms with Crippen molar-refractivity contribution in [3.05, 3.63) is 46.4 Å². The van der Waals surface area contributed by atoms with Gasteiger partial charge in [0.1, 0.15) is 17.4 Å². The topological polar surface area (TPSA) is 67.3 Å². The Hall–Kier alpha value is -2.34. The summed E-state index contributed by atoms with van der Waals surface area (Å²) in [5.41, 5.74) is 1.22. The molecule has 0 aliphatic carbocycles. The molecule has 0 spiro atoms. The maximum absolute atomic E-state index is 12.3. The summed E-state index contributed by atoms with van der Waals surface area (Å²) in [5, 5.41) is 3.26. The van der Waals surface area contributed by atoms with E-state index in [0.717, 1.165) is 11.5 Å². The molecule has 0 aliphatic heterocycles. The number of anilines is 1. The third kappa shape index (κ3) is 4.32.